The highest BCUT2D eigenvalue weighted by Gasteiger charge is 2.07. The van der Waals surface area contributed by atoms with Gasteiger partial charge in [-0.05, 0) is 28.9 Å². The lowest BCUT2D eigenvalue weighted by Crippen LogP contribution is -2.08. The number of aromatic nitrogens is 2. The Labute approximate surface area is 102 Å². The molecule has 2 aromatic heterocycles. The molecule has 0 aliphatic rings. The second kappa shape index (κ2) is 4.50. The van der Waals surface area contributed by atoms with Gasteiger partial charge in [0, 0.05) is 22.9 Å². The van der Waals surface area contributed by atoms with E-state index in [1.165, 1.54) is 0 Å². The maximum absolute atomic E-state index is 5.56. The molecular weight excluding hydrogens is 268 g/mol. The molecule has 3 nitrogen and oxygen atoms in total. The van der Waals surface area contributed by atoms with Crippen LogP contribution in [-0.4, -0.2) is 16.1 Å². The van der Waals surface area contributed by atoms with Crippen molar-refractivity contribution in [3.63, 3.8) is 0 Å². The molecule has 0 aromatic carbocycles. The Bertz CT molecular complexity index is 562. The molecule has 0 fully saturated rings. The van der Waals surface area contributed by atoms with Gasteiger partial charge in [-0.1, -0.05) is 5.92 Å². The van der Waals surface area contributed by atoms with Crippen LogP contribution in [0.15, 0.2) is 29.0 Å². The van der Waals surface area contributed by atoms with Crippen LogP contribution < -0.4 is 4.74 Å². The summed E-state index contributed by atoms with van der Waals surface area (Å²) in [6.07, 6.45) is 8.37. The summed E-state index contributed by atoms with van der Waals surface area (Å²) < 4.78 is 6.45. The fourth-order valence-electron chi connectivity index (χ4n) is 1.30. The van der Waals surface area contributed by atoms with Gasteiger partial charge in [-0.15, -0.1) is 6.42 Å². The Morgan fingerprint density at radius 1 is 1.50 bits per heavy atom. The van der Waals surface area contributed by atoms with Crippen LogP contribution in [0.3, 0.4) is 0 Å². The summed E-state index contributed by atoms with van der Waals surface area (Å²) >= 11 is 3.35. The average Bonchev–Trinajstić information content (AvgIpc) is 2.28. The van der Waals surface area contributed by atoms with Crippen molar-refractivity contribution in [3.05, 3.63) is 29.0 Å². The SMILES string of the molecule is C#CC(C)Oc1ccnc2cc(Br)cnc12. The van der Waals surface area contributed by atoms with Gasteiger partial charge in [0.15, 0.2) is 11.9 Å². The van der Waals surface area contributed by atoms with E-state index in [-0.39, 0.29) is 6.10 Å². The van der Waals surface area contributed by atoms with Gasteiger partial charge in [-0.3, -0.25) is 4.98 Å². The predicted molar refractivity (Wildman–Crippen MR) is 66.2 cm³/mol. The Kier molecular flexibility index (Phi) is 3.07. The van der Waals surface area contributed by atoms with Gasteiger partial charge in [0.05, 0.1) is 5.52 Å². The molecule has 1 unspecified atom stereocenters. The van der Waals surface area contributed by atoms with Gasteiger partial charge in [0.1, 0.15) is 5.52 Å². The van der Waals surface area contributed by atoms with Crippen LogP contribution >= 0.6 is 15.9 Å². The molecule has 0 saturated heterocycles. The van der Waals surface area contributed by atoms with Gasteiger partial charge in [0.2, 0.25) is 0 Å². The highest BCUT2D eigenvalue weighted by atomic mass is 79.9. The second-order valence-corrected chi connectivity index (χ2v) is 4.17. The Morgan fingerprint density at radius 2 is 2.31 bits per heavy atom. The zero-order chi connectivity index (χ0) is 11.5. The first kappa shape index (κ1) is 10.9. The summed E-state index contributed by atoms with van der Waals surface area (Å²) in [5.74, 6) is 3.17. The molecule has 0 saturated carbocycles. The van der Waals surface area contributed by atoms with Gasteiger partial charge >= 0.3 is 0 Å². The molecule has 2 heterocycles. The third-order valence-corrected chi connectivity index (χ3v) is 2.48. The van der Waals surface area contributed by atoms with Gasteiger partial charge < -0.3 is 4.74 Å². The number of ether oxygens (including phenoxy) is 1. The van der Waals surface area contributed by atoms with Crippen LogP contribution in [0.25, 0.3) is 11.0 Å². The van der Waals surface area contributed by atoms with Gasteiger partial charge in [-0.25, -0.2) is 4.98 Å². The molecule has 80 valence electrons. The van der Waals surface area contributed by atoms with Crippen molar-refractivity contribution in [2.75, 3.05) is 0 Å². The molecule has 0 spiro atoms. The molecule has 0 aliphatic carbocycles. The van der Waals surface area contributed by atoms with Crippen molar-refractivity contribution >= 4 is 27.0 Å². The van der Waals surface area contributed by atoms with Crippen molar-refractivity contribution in [3.8, 4) is 18.1 Å². The van der Waals surface area contributed by atoms with Crippen LogP contribution in [0, 0.1) is 12.3 Å². The first-order valence-corrected chi connectivity index (χ1v) is 5.53. The summed E-state index contributed by atoms with van der Waals surface area (Å²) in [5.41, 5.74) is 1.49. The van der Waals surface area contributed by atoms with E-state index in [1.807, 2.05) is 13.0 Å². The van der Waals surface area contributed by atoms with Crippen LogP contribution in [0.1, 0.15) is 6.92 Å². The highest BCUT2D eigenvalue weighted by Crippen LogP contribution is 2.24. The molecule has 2 aromatic rings. The quantitative estimate of drug-likeness (QED) is 0.792. The lowest BCUT2D eigenvalue weighted by Gasteiger charge is -2.10. The van der Waals surface area contributed by atoms with E-state index in [0.717, 1.165) is 9.99 Å². The number of hydrogen-bond acceptors (Lipinski definition) is 3. The number of fused-ring (bicyclic) bond motifs is 1. The molecule has 1 atom stereocenters. The summed E-state index contributed by atoms with van der Waals surface area (Å²) in [4.78, 5) is 8.48. The van der Waals surface area contributed by atoms with E-state index in [0.29, 0.717) is 11.3 Å². The number of hydrogen-bond donors (Lipinski definition) is 0. The lowest BCUT2D eigenvalue weighted by molar-refractivity contribution is 0.282. The topological polar surface area (TPSA) is 35.0 Å². The molecule has 0 aliphatic heterocycles. The molecule has 0 radical (unpaired) electrons. The Hall–Kier alpha value is -1.60. The zero-order valence-electron chi connectivity index (χ0n) is 8.64. The fourth-order valence-corrected chi connectivity index (χ4v) is 1.62. The van der Waals surface area contributed by atoms with Crippen molar-refractivity contribution < 1.29 is 4.74 Å². The summed E-state index contributed by atoms with van der Waals surface area (Å²) in [6, 6.07) is 3.65. The molecular formula is C12H9BrN2O. The minimum absolute atomic E-state index is 0.281. The first-order chi connectivity index (χ1) is 7.70. The molecule has 0 amide bonds. The number of rotatable bonds is 2. The van der Waals surface area contributed by atoms with Crippen molar-refractivity contribution in [2.24, 2.45) is 0 Å². The van der Waals surface area contributed by atoms with Gasteiger partial charge in [0.25, 0.3) is 0 Å². The van der Waals surface area contributed by atoms with Crippen molar-refractivity contribution in [1.82, 2.24) is 9.97 Å². The van der Waals surface area contributed by atoms with E-state index < -0.39 is 0 Å². The van der Waals surface area contributed by atoms with Crippen LogP contribution in [0.4, 0.5) is 0 Å². The second-order valence-electron chi connectivity index (χ2n) is 3.26. The fraction of sp³-hybridized carbons (Fsp3) is 0.167. The first-order valence-electron chi connectivity index (χ1n) is 4.74. The monoisotopic (exact) mass is 276 g/mol. The van der Waals surface area contributed by atoms with Crippen LogP contribution in [0.2, 0.25) is 0 Å². The number of pyridine rings is 2. The minimum atomic E-state index is -0.281. The van der Waals surface area contributed by atoms with E-state index in [1.54, 1.807) is 18.5 Å². The minimum Gasteiger partial charge on any atom is -0.476 e. The largest absolute Gasteiger partial charge is 0.476 e. The molecule has 2 rings (SSSR count). The summed E-state index contributed by atoms with van der Waals surface area (Å²) in [6.45, 7) is 1.81. The third kappa shape index (κ3) is 2.15. The maximum Gasteiger partial charge on any atom is 0.156 e. The van der Waals surface area contributed by atoms with E-state index >= 15 is 0 Å². The highest BCUT2D eigenvalue weighted by molar-refractivity contribution is 9.10. The zero-order valence-corrected chi connectivity index (χ0v) is 10.2. The lowest BCUT2D eigenvalue weighted by atomic mass is 10.3. The van der Waals surface area contributed by atoms with E-state index in [2.05, 4.69) is 31.8 Å². The van der Waals surface area contributed by atoms with Gasteiger partial charge in [-0.2, -0.15) is 0 Å². The van der Waals surface area contributed by atoms with Crippen molar-refractivity contribution in [1.29, 1.82) is 0 Å². The molecule has 16 heavy (non-hydrogen) atoms. The standard InChI is InChI=1S/C12H9BrN2O/c1-3-8(2)16-11-4-5-14-10-6-9(13)7-15-12(10)11/h1,4-8H,2H3. The normalized spacial score (nSPS) is 12.1. The molecule has 0 N–H and O–H groups in total. The maximum atomic E-state index is 5.56. The van der Waals surface area contributed by atoms with Crippen molar-refractivity contribution in [2.45, 2.75) is 13.0 Å². The number of nitrogens with zero attached hydrogens (tertiary/aromatic N) is 2. The molecule has 0 bridgehead atoms. The Morgan fingerprint density at radius 3 is 3.06 bits per heavy atom. The summed E-state index contributed by atoms with van der Waals surface area (Å²) in [5, 5.41) is 0. The third-order valence-electron chi connectivity index (χ3n) is 2.05. The predicted octanol–water partition coefficient (Wildman–Crippen LogP) is 2.79. The van der Waals surface area contributed by atoms with Crippen LogP contribution in [-0.2, 0) is 0 Å². The molecule has 4 heteroatoms. The smallest absolute Gasteiger partial charge is 0.156 e. The van der Waals surface area contributed by atoms with E-state index in [4.69, 9.17) is 11.2 Å². The van der Waals surface area contributed by atoms with Crippen LogP contribution in [0.5, 0.6) is 5.75 Å². The average molecular weight is 277 g/mol. The van der Waals surface area contributed by atoms with E-state index in [9.17, 15) is 0 Å². The number of terminal acetylenes is 1. The number of halogens is 1. The Balaban J connectivity index is 2.50. The summed E-state index contributed by atoms with van der Waals surface area (Å²) in [7, 11) is 0.